The van der Waals surface area contributed by atoms with Gasteiger partial charge in [-0.1, -0.05) is 26.7 Å². The Morgan fingerprint density at radius 2 is 0.879 bits per heavy atom. The number of unbranched alkanes of at least 4 members (excludes halogenated alkanes) is 2. The normalized spacial score (nSPS) is 13.2. The molecule has 0 aliphatic heterocycles. The fraction of sp³-hybridized carbons (Fsp3) is 0.818. The zero-order chi connectivity index (χ0) is 25.5. The second-order valence-electron chi connectivity index (χ2n) is 8.08. The number of hydrogen-bond acceptors (Lipinski definition) is 8. The zero-order valence-corrected chi connectivity index (χ0v) is 26.3. The summed E-state index contributed by atoms with van der Waals surface area (Å²) in [7, 11) is 0.591. The van der Waals surface area contributed by atoms with Gasteiger partial charge in [0.2, 0.25) is 0 Å². The van der Waals surface area contributed by atoms with Crippen molar-refractivity contribution in [3.8, 4) is 0 Å². The second-order valence-corrected chi connectivity index (χ2v) is 14.9. The largest absolute Gasteiger partial charge is 2.00 e. The van der Waals surface area contributed by atoms with Crippen LogP contribution in [-0.2, 0) is 57.9 Å². The molecule has 0 saturated carbocycles. The van der Waals surface area contributed by atoms with E-state index in [0.717, 1.165) is 25.7 Å². The molecule has 0 aromatic rings. The Balaban J connectivity index is -0.000000529. The van der Waals surface area contributed by atoms with Gasteiger partial charge in [-0.2, -0.15) is 0 Å². The van der Waals surface area contributed by atoms with E-state index in [1.807, 2.05) is 13.8 Å². The van der Waals surface area contributed by atoms with Gasteiger partial charge in [0.05, 0.1) is 0 Å². The smallest absolute Gasteiger partial charge is 0.397 e. The van der Waals surface area contributed by atoms with E-state index < -0.39 is 28.2 Å². The van der Waals surface area contributed by atoms with Crippen molar-refractivity contribution >= 4 is 40.3 Å². The third-order valence-corrected chi connectivity index (χ3v) is 12.5. The minimum atomic E-state index is -2.70. The van der Waals surface area contributed by atoms with E-state index in [1.54, 1.807) is 13.1 Å². The molecule has 0 radical (unpaired) electrons. The summed E-state index contributed by atoms with van der Waals surface area (Å²) in [6.45, 7) is 10.4. The van der Waals surface area contributed by atoms with Gasteiger partial charge < -0.3 is 17.7 Å². The molecule has 196 valence electrons. The van der Waals surface area contributed by atoms with Gasteiger partial charge in [-0.05, 0) is 39.8 Å². The van der Waals surface area contributed by atoms with Gasteiger partial charge in [-0.15, -0.1) is 0 Å². The third-order valence-electron chi connectivity index (χ3n) is 5.68. The van der Waals surface area contributed by atoms with Gasteiger partial charge in [0.15, 0.2) is 0 Å². The molecule has 0 N–H and O–H groups in total. The molecule has 0 aromatic heterocycles. The molecule has 2 unspecified atom stereocenters. The maximum absolute atomic E-state index is 12.0. The second kappa shape index (κ2) is 18.9. The topological polar surface area (TPSA) is 105 Å². The molecule has 0 aliphatic carbocycles. The first kappa shape index (κ1) is 37.2. The van der Waals surface area contributed by atoms with Crippen LogP contribution in [0.2, 0.25) is 24.2 Å². The van der Waals surface area contributed by atoms with Crippen LogP contribution >= 0.6 is 0 Å². The van der Waals surface area contributed by atoms with Crippen LogP contribution in [0.15, 0.2) is 0 Å². The molecule has 0 amide bonds. The van der Waals surface area contributed by atoms with Crippen LogP contribution in [0.5, 0.6) is 0 Å². The first-order valence-electron chi connectivity index (χ1n) is 11.1. The summed E-state index contributed by atoms with van der Waals surface area (Å²) in [6.07, 6.45) is 4.34. The Bertz CT molecular complexity index is 555. The van der Waals surface area contributed by atoms with E-state index in [-0.39, 0.29) is 44.2 Å². The Morgan fingerprint density at radius 1 is 0.636 bits per heavy atom. The molecule has 0 heterocycles. The number of Topliss-reactive ketones (excluding diaryl/α,β-unsaturated/α-hetero) is 4. The monoisotopic (exact) mass is 687 g/mol. The van der Waals surface area contributed by atoms with Crippen molar-refractivity contribution in [3.63, 3.8) is 0 Å². The van der Waals surface area contributed by atoms with Gasteiger partial charge in [0.25, 0.3) is 0 Å². The summed E-state index contributed by atoms with van der Waals surface area (Å²) < 4.78 is 21.1. The van der Waals surface area contributed by atoms with E-state index in [9.17, 15) is 19.2 Å². The Hall–Kier alpha value is -0.358. The third kappa shape index (κ3) is 12.2. The number of ketones is 4. The molecule has 0 bridgehead atoms. The minimum absolute atomic E-state index is 0. The van der Waals surface area contributed by atoms with Crippen molar-refractivity contribution in [1.29, 1.82) is 0 Å². The van der Waals surface area contributed by atoms with Crippen LogP contribution in [0.4, 0.5) is 0 Å². The van der Waals surface area contributed by atoms with Crippen molar-refractivity contribution < 1.29 is 57.9 Å². The van der Waals surface area contributed by atoms with Crippen molar-refractivity contribution in [2.75, 3.05) is 28.4 Å². The summed E-state index contributed by atoms with van der Waals surface area (Å²) in [6, 6.07) is 0. The molecule has 0 rings (SSSR count). The van der Waals surface area contributed by atoms with Crippen LogP contribution in [-0.4, -0.2) is 68.7 Å². The number of carbonyl (C=O) groups excluding carboxylic acids is 4. The number of rotatable bonds is 16. The van der Waals surface area contributed by atoms with Gasteiger partial charge in [-0.25, -0.2) is 0 Å². The van der Waals surface area contributed by atoms with E-state index in [4.69, 9.17) is 17.7 Å². The maximum Gasteiger partial charge on any atom is 2.00 e. The molecule has 8 nitrogen and oxygen atoms in total. The van der Waals surface area contributed by atoms with Crippen LogP contribution in [0.3, 0.4) is 0 Å². The van der Waals surface area contributed by atoms with Crippen molar-refractivity contribution in [1.82, 2.24) is 0 Å². The SMILES string of the molecule is CCCCC(=O)C(C(C)=O)[Si](C)(OC)OC.CCCCC(=O)C(C(C)=O)[Si](C)(OC)OC.[Pt+2]. The first-order chi connectivity index (χ1) is 14.8. The fourth-order valence-electron chi connectivity index (χ4n) is 3.41. The number of carbonyl (C=O) groups is 4. The standard InChI is InChI=1S/2C11H22O4Si.Pt/c2*1-6-7-8-10(13)11(9(2)12)16(5,14-3)15-4;/h2*11H,6-8H2,1-5H3;/q;;+2. The number of hydrogen-bond donors (Lipinski definition) is 0. The molecule has 0 saturated heterocycles. The predicted molar refractivity (Wildman–Crippen MR) is 129 cm³/mol. The van der Waals surface area contributed by atoms with Crippen LogP contribution < -0.4 is 0 Å². The van der Waals surface area contributed by atoms with Crippen LogP contribution in [0, 0.1) is 0 Å². The Kier molecular flexibility index (Phi) is 21.3. The van der Waals surface area contributed by atoms with Gasteiger partial charge in [0.1, 0.15) is 34.2 Å². The van der Waals surface area contributed by atoms with Crippen LogP contribution in [0.25, 0.3) is 0 Å². The average molecular weight is 688 g/mol. The molecule has 33 heavy (non-hydrogen) atoms. The quantitative estimate of drug-likeness (QED) is 0.176. The molecular formula is C22H44O8PtSi2+2. The zero-order valence-electron chi connectivity index (χ0n) is 22.0. The summed E-state index contributed by atoms with van der Waals surface area (Å²) in [5.41, 5.74) is -1.40. The van der Waals surface area contributed by atoms with E-state index in [1.165, 1.54) is 42.3 Å². The van der Waals surface area contributed by atoms with Crippen molar-refractivity contribution in [3.05, 3.63) is 0 Å². The van der Waals surface area contributed by atoms with Crippen LogP contribution in [0.1, 0.15) is 66.2 Å². The average Bonchev–Trinajstić information content (AvgIpc) is 2.75. The predicted octanol–water partition coefficient (Wildman–Crippen LogP) is 4.14. The summed E-state index contributed by atoms with van der Waals surface area (Å²) in [4.78, 5) is 47.1. The minimum Gasteiger partial charge on any atom is -0.397 e. The molecule has 0 spiro atoms. The first-order valence-corrected chi connectivity index (χ1v) is 15.9. The summed E-state index contributed by atoms with van der Waals surface area (Å²) in [5.74, 6) is -0.405. The Labute approximate surface area is 216 Å². The van der Waals surface area contributed by atoms with Gasteiger partial charge in [0, 0.05) is 41.3 Å². The molecule has 2 atom stereocenters. The van der Waals surface area contributed by atoms with Crippen molar-refractivity contribution in [2.24, 2.45) is 0 Å². The molecule has 0 aliphatic rings. The molecular weight excluding hydrogens is 643 g/mol. The van der Waals surface area contributed by atoms with Gasteiger partial charge >= 0.3 is 38.2 Å². The Morgan fingerprint density at radius 3 is 1.03 bits per heavy atom. The van der Waals surface area contributed by atoms with E-state index >= 15 is 0 Å². The van der Waals surface area contributed by atoms with E-state index in [0.29, 0.717) is 12.8 Å². The maximum atomic E-state index is 12.0. The van der Waals surface area contributed by atoms with Gasteiger partial charge in [-0.3, -0.25) is 19.2 Å². The molecule has 0 aromatic carbocycles. The summed E-state index contributed by atoms with van der Waals surface area (Å²) in [5, 5.41) is 0. The van der Waals surface area contributed by atoms with Crippen molar-refractivity contribution in [2.45, 2.75) is 90.4 Å². The fourth-order valence-corrected chi connectivity index (χ4v) is 7.62. The van der Waals surface area contributed by atoms with E-state index in [2.05, 4.69) is 0 Å². The molecule has 11 heteroatoms. The molecule has 0 fully saturated rings. The summed E-state index contributed by atoms with van der Waals surface area (Å²) >= 11 is 0.